The summed E-state index contributed by atoms with van der Waals surface area (Å²) in [7, 11) is 0. The van der Waals surface area contributed by atoms with Crippen molar-refractivity contribution in [3.63, 3.8) is 0 Å². The van der Waals surface area contributed by atoms with Crippen molar-refractivity contribution < 1.29 is 9.63 Å². The van der Waals surface area contributed by atoms with E-state index in [4.69, 9.17) is 4.84 Å². The van der Waals surface area contributed by atoms with Gasteiger partial charge in [0.2, 0.25) is 0 Å². The summed E-state index contributed by atoms with van der Waals surface area (Å²) >= 11 is 0. The Hall–Kier alpha value is -3.33. The van der Waals surface area contributed by atoms with E-state index in [9.17, 15) is 4.79 Å². The second-order valence-electron chi connectivity index (χ2n) is 7.52. The number of hydroxylamine groups is 1. The van der Waals surface area contributed by atoms with Crippen LogP contribution in [-0.4, -0.2) is 61.0 Å². The number of anilines is 1. The lowest BCUT2D eigenvalue weighted by Crippen LogP contribution is -2.47. The summed E-state index contributed by atoms with van der Waals surface area (Å²) in [5.41, 5.74) is 2.07. The van der Waals surface area contributed by atoms with Crippen LogP contribution in [0.3, 0.4) is 0 Å². The Morgan fingerprint density at radius 2 is 1.80 bits per heavy atom. The van der Waals surface area contributed by atoms with E-state index in [-0.39, 0.29) is 18.0 Å². The molecule has 0 saturated carbocycles. The van der Waals surface area contributed by atoms with Crippen molar-refractivity contribution in [1.29, 1.82) is 0 Å². The summed E-state index contributed by atoms with van der Waals surface area (Å²) in [5.74, 6) is 1.31. The van der Waals surface area contributed by atoms with Crippen LogP contribution in [0.25, 0.3) is 5.69 Å². The van der Waals surface area contributed by atoms with Gasteiger partial charge in [-0.3, -0.25) is 9.63 Å². The van der Waals surface area contributed by atoms with Crippen LogP contribution in [0.2, 0.25) is 0 Å². The van der Waals surface area contributed by atoms with Gasteiger partial charge in [-0.1, -0.05) is 12.1 Å². The molecular weight excluding hydrogens is 382 g/mol. The molecule has 0 aliphatic carbocycles. The smallest absolute Gasteiger partial charge is 0.256 e. The van der Waals surface area contributed by atoms with Gasteiger partial charge < -0.3 is 4.90 Å². The third-order valence-electron chi connectivity index (χ3n) is 5.06. The molecule has 1 aliphatic heterocycles. The fourth-order valence-corrected chi connectivity index (χ4v) is 3.79. The van der Waals surface area contributed by atoms with Crippen LogP contribution < -0.4 is 5.06 Å². The quantitative estimate of drug-likeness (QED) is 0.658. The number of aryl methyl sites for hydroxylation is 2. The minimum atomic E-state index is -0.125. The number of rotatable bonds is 3. The molecule has 0 bridgehead atoms. The number of carbonyl (C=O) groups is 1. The van der Waals surface area contributed by atoms with E-state index in [1.165, 1.54) is 4.80 Å². The molecular formula is C21H25N7O2. The lowest BCUT2D eigenvalue weighted by Gasteiger charge is -2.32. The largest absolute Gasteiger partial charge is 0.329 e. The van der Waals surface area contributed by atoms with Crippen molar-refractivity contribution in [2.45, 2.75) is 39.8 Å². The lowest BCUT2D eigenvalue weighted by atomic mass is 10.1. The zero-order chi connectivity index (χ0) is 21.3. The molecule has 9 nitrogen and oxygen atoms in total. The van der Waals surface area contributed by atoms with E-state index in [1.54, 1.807) is 23.5 Å². The number of amides is 1. The van der Waals surface area contributed by atoms with Gasteiger partial charge in [-0.15, -0.1) is 0 Å². The lowest BCUT2D eigenvalue weighted by molar-refractivity contribution is 0.0545. The van der Waals surface area contributed by atoms with Gasteiger partial charge in [-0.2, -0.15) is 15.0 Å². The molecule has 1 aliphatic rings. The first-order valence-electron chi connectivity index (χ1n) is 9.95. The maximum atomic E-state index is 13.6. The van der Waals surface area contributed by atoms with E-state index in [2.05, 4.69) is 20.2 Å². The SMILES string of the molecule is Cc1cc(N2C[C@H](C)N(C(=O)c3ccccc3-n3nccn3)[C@H](C)CO2)nc(C)n1. The highest BCUT2D eigenvalue weighted by Gasteiger charge is 2.33. The van der Waals surface area contributed by atoms with Crippen molar-refractivity contribution in [3.05, 3.63) is 59.8 Å². The first kappa shape index (κ1) is 20.0. The maximum absolute atomic E-state index is 13.6. The molecule has 2 atom stereocenters. The number of para-hydroxylation sites is 1. The molecule has 1 aromatic carbocycles. The second kappa shape index (κ2) is 8.19. The van der Waals surface area contributed by atoms with E-state index >= 15 is 0 Å². The molecule has 0 spiro atoms. The molecule has 9 heteroatoms. The van der Waals surface area contributed by atoms with Gasteiger partial charge in [-0.05, 0) is 39.8 Å². The Balaban J connectivity index is 1.63. The van der Waals surface area contributed by atoms with E-state index < -0.39 is 0 Å². The van der Waals surface area contributed by atoms with Gasteiger partial charge in [0.05, 0.1) is 42.8 Å². The molecule has 1 saturated heterocycles. The molecule has 0 N–H and O–H groups in total. The molecule has 156 valence electrons. The summed E-state index contributed by atoms with van der Waals surface area (Å²) in [6.07, 6.45) is 3.19. The highest BCUT2D eigenvalue weighted by molar-refractivity contribution is 5.98. The molecule has 30 heavy (non-hydrogen) atoms. The third kappa shape index (κ3) is 3.88. The Kier molecular flexibility index (Phi) is 5.45. The molecule has 1 fully saturated rings. The Labute approximate surface area is 175 Å². The summed E-state index contributed by atoms with van der Waals surface area (Å²) in [6, 6.07) is 9.03. The second-order valence-corrected chi connectivity index (χ2v) is 7.52. The number of hydrogen-bond donors (Lipinski definition) is 0. The number of nitrogens with zero attached hydrogens (tertiary/aromatic N) is 7. The van der Waals surface area contributed by atoms with Gasteiger partial charge in [0.25, 0.3) is 5.91 Å². The average molecular weight is 407 g/mol. The molecule has 3 aromatic rings. The summed E-state index contributed by atoms with van der Waals surface area (Å²) in [6.45, 7) is 8.65. The third-order valence-corrected chi connectivity index (χ3v) is 5.06. The van der Waals surface area contributed by atoms with Crippen LogP contribution in [0, 0.1) is 13.8 Å². The number of hydrogen-bond acceptors (Lipinski definition) is 7. The van der Waals surface area contributed by atoms with Crippen molar-refractivity contribution in [3.8, 4) is 5.69 Å². The molecule has 0 unspecified atom stereocenters. The first-order valence-corrected chi connectivity index (χ1v) is 9.95. The summed E-state index contributed by atoms with van der Waals surface area (Å²) < 4.78 is 0. The van der Waals surface area contributed by atoms with Crippen LogP contribution in [0.5, 0.6) is 0 Å². The van der Waals surface area contributed by atoms with Gasteiger partial charge in [0.15, 0.2) is 5.82 Å². The fourth-order valence-electron chi connectivity index (χ4n) is 3.79. The van der Waals surface area contributed by atoms with E-state index in [0.29, 0.717) is 36.0 Å². The van der Waals surface area contributed by atoms with E-state index in [1.807, 2.05) is 56.9 Å². The van der Waals surface area contributed by atoms with Crippen molar-refractivity contribution in [1.82, 2.24) is 29.9 Å². The standard InChI is InChI=1S/C21H25N7O2/c1-14-11-20(25-17(4)24-14)26-12-15(2)27(16(3)13-30-26)21(29)18-7-5-6-8-19(18)28-22-9-10-23-28/h5-11,15-16H,12-13H2,1-4H3/t15-,16+/m0/s1. The Morgan fingerprint density at radius 3 is 2.53 bits per heavy atom. The average Bonchev–Trinajstić information content (AvgIpc) is 3.20. The molecule has 1 amide bonds. The van der Waals surface area contributed by atoms with Crippen LogP contribution >= 0.6 is 0 Å². The molecule has 4 rings (SSSR count). The monoisotopic (exact) mass is 407 g/mol. The van der Waals surface area contributed by atoms with Gasteiger partial charge >= 0.3 is 0 Å². The zero-order valence-corrected chi connectivity index (χ0v) is 17.6. The summed E-state index contributed by atoms with van der Waals surface area (Å²) in [4.78, 5) is 31.8. The fraction of sp³-hybridized carbons (Fsp3) is 0.381. The maximum Gasteiger partial charge on any atom is 0.256 e. The van der Waals surface area contributed by atoms with Gasteiger partial charge in [0, 0.05) is 17.8 Å². The minimum absolute atomic E-state index is 0.0802. The molecule has 0 radical (unpaired) electrons. The topological polar surface area (TPSA) is 89.3 Å². The predicted molar refractivity (Wildman–Crippen MR) is 111 cm³/mol. The first-order chi connectivity index (χ1) is 14.4. The molecule has 3 heterocycles. The van der Waals surface area contributed by atoms with Gasteiger partial charge in [0.1, 0.15) is 5.82 Å². The minimum Gasteiger partial charge on any atom is -0.329 e. The van der Waals surface area contributed by atoms with Crippen LogP contribution in [-0.2, 0) is 4.84 Å². The van der Waals surface area contributed by atoms with Crippen molar-refractivity contribution >= 4 is 11.7 Å². The molecule has 2 aromatic heterocycles. The van der Waals surface area contributed by atoms with Crippen LogP contribution in [0.4, 0.5) is 5.82 Å². The predicted octanol–water partition coefficient (Wildman–Crippen LogP) is 2.35. The van der Waals surface area contributed by atoms with Gasteiger partial charge in [-0.25, -0.2) is 15.0 Å². The summed E-state index contributed by atoms with van der Waals surface area (Å²) in [5, 5.41) is 10.1. The van der Waals surface area contributed by atoms with Crippen molar-refractivity contribution in [2.75, 3.05) is 18.2 Å². The zero-order valence-electron chi connectivity index (χ0n) is 17.6. The number of benzene rings is 1. The van der Waals surface area contributed by atoms with Crippen molar-refractivity contribution in [2.24, 2.45) is 0 Å². The van der Waals surface area contributed by atoms with E-state index in [0.717, 1.165) is 5.69 Å². The Bertz CT molecular complexity index is 1020. The number of aromatic nitrogens is 5. The number of carbonyl (C=O) groups excluding carboxylic acids is 1. The Morgan fingerprint density at radius 1 is 1.07 bits per heavy atom. The van der Waals surface area contributed by atoms with Crippen LogP contribution in [0.15, 0.2) is 42.7 Å². The highest BCUT2D eigenvalue weighted by atomic mass is 16.7. The highest BCUT2D eigenvalue weighted by Crippen LogP contribution is 2.23. The van der Waals surface area contributed by atoms with Crippen LogP contribution in [0.1, 0.15) is 35.7 Å². The normalized spacial score (nSPS) is 19.6.